The Morgan fingerprint density at radius 1 is 0.966 bits per heavy atom. The van der Waals surface area contributed by atoms with Crippen LogP contribution in [0.2, 0.25) is 5.02 Å². The molecule has 29 heavy (non-hydrogen) atoms. The molecule has 3 nitrogen and oxygen atoms in total. The first-order chi connectivity index (χ1) is 14.0. The van der Waals surface area contributed by atoms with Gasteiger partial charge in [0.15, 0.2) is 16.8 Å². The van der Waals surface area contributed by atoms with E-state index in [9.17, 15) is 13.6 Å². The second-order valence-electron chi connectivity index (χ2n) is 6.43. The molecule has 0 aliphatic rings. The highest BCUT2D eigenvalue weighted by atomic mass is 35.5. The smallest absolute Gasteiger partial charge is 0.262 e. The first-order valence-electron chi connectivity index (χ1n) is 8.82. The molecule has 1 heterocycles. The highest BCUT2D eigenvalue weighted by Crippen LogP contribution is 2.28. The third kappa shape index (κ3) is 4.18. The molecular weight excluding hydrogens is 414 g/mol. The fourth-order valence-corrected chi connectivity index (χ4v) is 4.27. The number of para-hydroxylation sites is 1. The lowest BCUT2D eigenvalue weighted by Crippen LogP contribution is -2.24. The summed E-state index contributed by atoms with van der Waals surface area (Å²) in [7, 11) is 0. The van der Waals surface area contributed by atoms with Crippen molar-refractivity contribution in [2.45, 2.75) is 17.5 Å². The molecule has 0 saturated heterocycles. The predicted molar refractivity (Wildman–Crippen MR) is 112 cm³/mol. The van der Waals surface area contributed by atoms with Gasteiger partial charge < -0.3 is 0 Å². The monoisotopic (exact) mass is 428 g/mol. The first kappa shape index (κ1) is 19.6. The molecule has 0 radical (unpaired) electrons. The fourth-order valence-electron chi connectivity index (χ4n) is 2.98. The standard InChI is InChI=1S/C22H15ClF2N2OS/c23-17-11-19(25)18(24)10-15(17)13-29-22-26-20-9-5-4-8-16(20)21(28)27(22)12-14-6-2-1-3-7-14/h1-11H,12-13H2. The zero-order chi connectivity index (χ0) is 20.4. The summed E-state index contributed by atoms with van der Waals surface area (Å²) in [6.07, 6.45) is 0. The van der Waals surface area contributed by atoms with Crippen LogP contribution in [0.1, 0.15) is 11.1 Å². The van der Waals surface area contributed by atoms with Crippen molar-refractivity contribution in [1.29, 1.82) is 0 Å². The molecule has 0 bridgehead atoms. The van der Waals surface area contributed by atoms with Crippen LogP contribution in [0.4, 0.5) is 8.78 Å². The molecule has 0 N–H and O–H groups in total. The van der Waals surface area contributed by atoms with Crippen molar-refractivity contribution >= 4 is 34.3 Å². The summed E-state index contributed by atoms with van der Waals surface area (Å²) < 4.78 is 28.5. The molecule has 0 spiro atoms. The number of nitrogens with zero attached hydrogens (tertiary/aromatic N) is 2. The Morgan fingerprint density at radius 2 is 1.66 bits per heavy atom. The molecule has 4 rings (SSSR count). The largest absolute Gasteiger partial charge is 0.283 e. The number of rotatable bonds is 5. The minimum Gasteiger partial charge on any atom is -0.283 e. The maximum Gasteiger partial charge on any atom is 0.262 e. The Labute approximate surface area is 175 Å². The quantitative estimate of drug-likeness (QED) is 0.233. The summed E-state index contributed by atoms with van der Waals surface area (Å²) in [6, 6.07) is 18.7. The molecular formula is C22H15ClF2N2OS. The minimum absolute atomic E-state index is 0.133. The first-order valence-corrected chi connectivity index (χ1v) is 10.2. The zero-order valence-electron chi connectivity index (χ0n) is 15.1. The van der Waals surface area contributed by atoms with Gasteiger partial charge in [-0.15, -0.1) is 0 Å². The summed E-state index contributed by atoms with van der Waals surface area (Å²) >= 11 is 7.31. The van der Waals surface area contributed by atoms with E-state index in [4.69, 9.17) is 11.6 Å². The molecule has 0 aliphatic heterocycles. The van der Waals surface area contributed by atoms with E-state index >= 15 is 0 Å². The topological polar surface area (TPSA) is 34.9 Å². The lowest BCUT2D eigenvalue weighted by Gasteiger charge is -2.14. The Bertz CT molecular complexity index is 1240. The average molecular weight is 429 g/mol. The van der Waals surface area contributed by atoms with Gasteiger partial charge in [0.25, 0.3) is 5.56 Å². The summed E-state index contributed by atoms with van der Waals surface area (Å²) in [4.78, 5) is 17.7. The van der Waals surface area contributed by atoms with Gasteiger partial charge in [-0.1, -0.05) is 65.8 Å². The van der Waals surface area contributed by atoms with Gasteiger partial charge in [-0.3, -0.25) is 9.36 Å². The molecule has 0 saturated carbocycles. The number of benzene rings is 3. The van der Waals surface area contributed by atoms with Gasteiger partial charge in [-0.25, -0.2) is 13.8 Å². The third-order valence-corrected chi connectivity index (χ3v) is 5.83. The molecule has 146 valence electrons. The van der Waals surface area contributed by atoms with Crippen LogP contribution in [0.5, 0.6) is 0 Å². The summed E-state index contributed by atoms with van der Waals surface area (Å²) in [5.41, 5.74) is 1.82. The Morgan fingerprint density at radius 3 is 2.45 bits per heavy atom. The van der Waals surface area contributed by atoms with E-state index in [1.807, 2.05) is 36.4 Å². The molecule has 0 fully saturated rings. The summed E-state index contributed by atoms with van der Waals surface area (Å²) in [5, 5.41) is 1.14. The van der Waals surface area contributed by atoms with Gasteiger partial charge in [0.2, 0.25) is 0 Å². The Balaban J connectivity index is 1.75. The van der Waals surface area contributed by atoms with Gasteiger partial charge in [0.1, 0.15) is 0 Å². The molecule has 3 aromatic carbocycles. The van der Waals surface area contributed by atoms with Crippen molar-refractivity contribution in [3.8, 4) is 0 Å². The molecule has 7 heteroatoms. The normalized spacial score (nSPS) is 11.1. The fraction of sp³-hybridized carbons (Fsp3) is 0.0909. The SMILES string of the molecule is O=c1c2ccccc2nc(SCc2cc(F)c(F)cc2Cl)n1Cc1ccccc1. The van der Waals surface area contributed by atoms with E-state index in [-0.39, 0.29) is 16.3 Å². The van der Waals surface area contributed by atoms with Gasteiger partial charge >= 0.3 is 0 Å². The van der Waals surface area contributed by atoms with E-state index in [0.717, 1.165) is 17.7 Å². The van der Waals surface area contributed by atoms with Crippen molar-refractivity contribution in [3.63, 3.8) is 0 Å². The van der Waals surface area contributed by atoms with Crippen LogP contribution in [0.25, 0.3) is 10.9 Å². The van der Waals surface area contributed by atoms with Crippen LogP contribution in [-0.4, -0.2) is 9.55 Å². The van der Waals surface area contributed by atoms with Crippen molar-refractivity contribution < 1.29 is 8.78 Å². The summed E-state index contributed by atoms with van der Waals surface area (Å²) in [6.45, 7) is 0.353. The van der Waals surface area contributed by atoms with Crippen LogP contribution >= 0.6 is 23.4 Å². The average Bonchev–Trinajstić information content (AvgIpc) is 2.73. The molecule has 0 aliphatic carbocycles. The summed E-state index contributed by atoms with van der Waals surface area (Å²) in [5.74, 6) is -1.71. The van der Waals surface area contributed by atoms with Gasteiger partial charge in [-0.2, -0.15) is 0 Å². The highest BCUT2D eigenvalue weighted by Gasteiger charge is 2.14. The van der Waals surface area contributed by atoms with Crippen LogP contribution in [0, 0.1) is 11.6 Å². The van der Waals surface area contributed by atoms with E-state index in [1.54, 1.807) is 22.8 Å². The lowest BCUT2D eigenvalue weighted by atomic mass is 10.2. The maximum absolute atomic E-state index is 13.6. The van der Waals surface area contributed by atoms with E-state index < -0.39 is 11.6 Å². The molecule has 1 aromatic heterocycles. The van der Waals surface area contributed by atoms with E-state index in [2.05, 4.69) is 4.98 Å². The van der Waals surface area contributed by atoms with Crippen LogP contribution in [-0.2, 0) is 12.3 Å². The molecule has 0 amide bonds. The van der Waals surface area contributed by atoms with Crippen LogP contribution in [0.3, 0.4) is 0 Å². The van der Waals surface area contributed by atoms with Crippen LogP contribution < -0.4 is 5.56 Å². The lowest BCUT2D eigenvalue weighted by molar-refractivity contribution is 0.507. The van der Waals surface area contributed by atoms with Crippen molar-refractivity contribution in [2.24, 2.45) is 0 Å². The number of hydrogen-bond acceptors (Lipinski definition) is 3. The number of fused-ring (bicyclic) bond motifs is 1. The number of hydrogen-bond donors (Lipinski definition) is 0. The number of thioether (sulfide) groups is 1. The van der Waals surface area contributed by atoms with E-state index in [1.165, 1.54) is 11.8 Å². The van der Waals surface area contributed by atoms with E-state index in [0.29, 0.717) is 28.2 Å². The number of aromatic nitrogens is 2. The van der Waals surface area contributed by atoms with Gasteiger partial charge in [0, 0.05) is 10.8 Å². The Kier molecular flexibility index (Phi) is 5.65. The maximum atomic E-state index is 13.6. The van der Waals surface area contributed by atoms with Crippen molar-refractivity contribution in [3.05, 3.63) is 105 Å². The highest BCUT2D eigenvalue weighted by molar-refractivity contribution is 7.98. The van der Waals surface area contributed by atoms with Gasteiger partial charge in [-0.05, 0) is 35.4 Å². The zero-order valence-corrected chi connectivity index (χ0v) is 16.7. The minimum atomic E-state index is -0.992. The third-order valence-electron chi connectivity index (χ3n) is 4.46. The second kappa shape index (κ2) is 8.35. The second-order valence-corrected chi connectivity index (χ2v) is 7.78. The van der Waals surface area contributed by atoms with Crippen molar-refractivity contribution in [1.82, 2.24) is 9.55 Å². The number of halogens is 3. The molecule has 0 unspecified atom stereocenters. The Hall–Kier alpha value is -2.70. The molecule has 0 atom stereocenters. The van der Waals surface area contributed by atoms with Crippen molar-refractivity contribution in [2.75, 3.05) is 0 Å². The predicted octanol–water partition coefficient (Wildman–Crippen LogP) is 5.67. The molecule has 4 aromatic rings. The van der Waals surface area contributed by atoms with Gasteiger partial charge in [0.05, 0.1) is 17.4 Å². The van der Waals surface area contributed by atoms with Crippen LogP contribution in [0.15, 0.2) is 76.7 Å².